The van der Waals surface area contributed by atoms with Gasteiger partial charge in [-0.15, -0.1) is 0 Å². The van der Waals surface area contributed by atoms with Crippen LogP contribution in [0.3, 0.4) is 0 Å². The Bertz CT molecular complexity index is 837. The van der Waals surface area contributed by atoms with Gasteiger partial charge < -0.3 is 0 Å². The van der Waals surface area contributed by atoms with Crippen molar-refractivity contribution in [2.45, 2.75) is 47.0 Å². The van der Waals surface area contributed by atoms with Crippen LogP contribution in [-0.4, -0.2) is 35.5 Å². The lowest BCUT2D eigenvalue weighted by Gasteiger charge is -2.17. The predicted molar refractivity (Wildman–Crippen MR) is 125 cm³/mol. The number of amidine groups is 1. The van der Waals surface area contributed by atoms with Crippen LogP contribution < -0.4 is 4.90 Å². The van der Waals surface area contributed by atoms with Crippen molar-refractivity contribution in [3.63, 3.8) is 0 Å². The Hall–Kier alpha value is -2.53. The molecular formula is C23H31ClN4O. The van der Waals surface area contributed by atoms with Gasteiger partial charge in [0.05, 0.1) is 12.1 Å². The molecule has 6 heteroatoms. The largest absolute Gasteiger partial charge is 0.296 e. The minimum Gasteiger partial charge on any atom is -0.296 e. The summed E-state index contributed by atoms with van der Waals surface area (Å²) in [6.45, 7) is 12.3. The maximum atomic E-state index is 12.7. The Labute approximate surface area is 179 Å². The molecule has 1 aromatic heterocycles. The van der Waals surface area contributed by atoms with E-state index in [0.29, 0.717) is 19.4 Å². The molecule has 156 valence electrons. The van der Waals surface area contributed by atoms with Gasteiger partial charge in [-0.25, -0.2) is 9.98 Å². The highest BCUT2D eigenvalue weighted by Gasteiger charge is 2.26. The van der Waals surface area contributed by atoms with Crippen LogP contribution in [0, 0.1) is 0 Å². The average molecular weight is 415 g/mol. The molecule has 0 spiro atoms. The van der Waals surface area contributed by atoms with Gasteiger partial charge in [0, 0.05) is 25.4 Å². The lowest BCUT2D eigenvalue weighted by atomic mass is 10.1. The fourth-order valence-corrected chi connectivity index (χ4v) is 3.09. The van der Waals surface area contributed by atoms with Crippen LogP contribution >= 0.6 is 11.6 Å². The molecule has 0 radical (unpaired) electrons. The van der Waals surface area contributed by atoms with Crippen molar-refractivity contribution < 1.29 is 4.79 Å². The third-order valence-corrected chi connectivity index (χ3v) is 4.51. The number of hydrogen-bond donors (Lipinski definition) is 0. The number of anilines is 1. The van der Waals surface area contributed by atoms with Gasteiger partial charge in [0.1, 0.15) is 5.82 Å². The summed E-state index contributed by atoms with van der Waals surface area (Å²) in [5.74, 6) is 0.763. The highest BCUT2D eigenvalue weighted by molar-refractivity contribution is 6.65. The van der Waals surface area contributed by atoms with E-state index in [1.807, 2.05) is 52.0 Å². The van der Waals surface area contributed by atoms with Crippen LogP contribution in [0.4, 0.5) is 5.82 Å². The molecule has 0 saturated carbocycles. The number of allylic oxidation sites excluding steroid dienone is 4. The van der Waals surface area contributed by atoms with Gasteiger partial charge in [-0.3, -0.25) is 14.7 Å². The van der Waals surface area contributed by atoms with E-state index >= 15 is 0 Å². The molecule has 2 heterocycles. The van der Waals surface area contributed by atoms with E-state index in [2.05, 4.69) is 21.5 Å². The maximum absolute atomic E-state index is 12.7. The van der Waals surface area contributed by atoms with Crippen molar-refractivity contribution in [1.29, 1.82) is 0 Å². The molecule has 1 aliphatic rings. The molecule has 0 saturated heterocycles. The third kappa shape index (κ3) is 6.79. The van der Waals surface area contributed by atoms with E-state index in [-0.39, 0.29) is 11.2 Å². The fraction of sp³-hybridized carbons (Fsp3) is 0.391. The number of rotatable bonds is 6. The van der Waals surface area contributed by atoms with Crippen molar-refractivity contribution in [3.8, 4) is 0 Å². The number of carbonyl (C=O) groups excluding carboxylic acids is 1. The predicted octanol–water partition coefficient (Wildman–Crippen LogP) is 5.50. The molecular weight excluding hydrogens is 384 g/mol. The summed E-state index contributed by atoms with van der Waals surface area (Å²) >= 11 is 5.94. The van der Waals surface area contributed by atoms with Crippen LogP contribution in [0.5, 0.6) is 0 Å². The van der Waals surface area contributed by atoms with E-state index in [4.69, 9.17) is 11.6 Å². The Morgan fingerprint density at radius 3 is 2.72 bits per heavy atom. The van der Waals surface area contributed by atoms with Crippen LogP contribution in [0.25, 0.3) is 0 Å². The second kappa shape index (κ2) is 12.8. The molecule has 29 heavy (non-hydrogen) atoms. The SMILES string of the molecule is C=C/C=C(\C=C/C)CC(=O)N1CCc2cc(/C(CC)=N/C(Cl)=NC)cnc21.CC. The Morgan fingerprint density at radius 1 is 1.41 bits per heavy atom. The molecule has 0 N–H and O–H groups in total. The molecule has 5 nitrogen and oxygen atoms in total. The number of aromatic nitrogens is 1. The van der Waals surface area contributed by atoms with Gasteiger partial charge >= 0.3 is 0 Å². The molecule has 0 unspecified atom stereocenters. The van der Waals surface area contributed by atoms with Crippen LogP contribution in [0.2, 0.25) is 0 Å². The first-order valence-electron chi connectivity index (χ1n) is 9.97. The fourth-order valence-electron chi connectivity index (χ4n) is 2.99. The molecule has 0 bridgehead atoms. The highest BCUT2D eigenvalue weighted by Crippen LogP contribution is 2.28. The Kier molecular flexibility index (Phi) is 10.8. The lowest BCUT2D eigenvalue weighted by Crippen LogP contribution is -2.29. The zero-order chi connectivity index (χ0) is 21.8. The number of aliphatic imine (C=N–C) groups is 2. The summed E-state index contributed by atoms with van der Waals surface area (Å²) in [6.07, 6.45) is 11.0. The number of pyridine rings is 1. The molecule has 1 aromatic rings. The zero-order valence-corrected chi connectivity index (χ0v) is 18.8. The van der Waals surface area contributed by atoms with Crippen molar-refractivity contribution in [2.75, 3.05) is 18.5 Å². The van der Waals surface area contributed by atoms with Crippen molar-refractivity contribution >= 4 is 34.3 Å². The number of amides is 1. The topological polar surface area (TPSA) is 57.9 Å². The second-order valence-corrected chi connectivity index (χ2v) is 6.40. The standard InChI is InChI=1S/C21H25ClN4O.C2H6/c1-5-8-15(9-6-2)12-19(27)26-11-10-16-13-17(14-24-20(16)26)18(7-3)25-21(22)23-4;1-2/h5-6,8-9,13-14H,1,7,10-12H2,2-4H3;1-2H3/b9-6-,15-8+,23-21?,25-18+;. The normalized spacial score (nSPS) is 14.6. The van der Waals surface area contributed by atoms with Crippen LogP contribution in [0.1, 0.15) is 51.7 Å². The number of fused-ring (bicyclic) bond motifs is 1. The summed E-state index contributed by atoms with van der Waals surface area (Å²) in [4.78, 5) is 27.2. The lowest BCUT2D eigenvalue weighted by molar-refractivity contribution is -0.117. The van der Waals surface area contributed by atoms with Gasteiger partial charge in [0.15, 0.2) is 0 Å². The summed E-state index contributed by atoms with van der Waals surface area (Å²) < 4.78 is 0. The van der Waals surface area contributed by atoms with Crippen molar-refractivity contribution in [2.24, 2.45) is 9.98 Å². The third-order valence-electron chi connectivity index (χ3n) is 4.25. The maximum Gasteiger partial charge on any atom is 0.232 e. The molecule has 0 atom stereocenters. The first-order chi connectivity index (χ1) is 14.0. The molecule has 0 aliphatic carbocycles. The van der Waals surface area contributed by atoms with Crippen LogP contribution in [0.15, 0.2) is 58.7 Å². The molecule has 0 aromatic carbocycles. The first kappa shape index (κ1) is 24.5. The zero-order valence-electron chi connectivity index (χ0n) is 18.1. The Morgan fingerprint density at radius 2 is 2.14 bits per heavy atom. The van der Waals surface area contributed by atoms with E-state index in [1.165, 1.54) is 0 Å². The van der Waals surface area contributed by atoms with Crippen LogP contribution in [-0.2, 0) is 11.2 Å². The number of hydrogen-bond acceptors (Lipinski definition) is 3. The molecule has 2 rings (SSSR count). The summed E-state index contributed by atoms with van der Waals surface area (Å²) in [7, 11) is 1.60. The quantitative estimate of drug-likeness (QED) is 0.267. The highest BCUT2D eigenvalue weighted by atomic mass is 35.5. The van der Waals surface area contributed by atoms with Gasteiger partial charge in [-0.1, -0.05) is 51.7 Å². The van der Waals surface area contributed by atoms with Gasteiger partial charge in [-0.05, 0) is 48.6 Å². The summed E-state index contributed by atoms with van der Waals surface area (Å²) in [5, 5.41) is 0.217. The molecule has 1 amide bonds. The molecule has 0 fully saturated rings. The van der Waals surface area contributed by atoms with E-state index in [1.54, 1.807) is 24.2 Å². The minimum atomic E-state index is 0.0331. The second-order valence-electron chi connectivity index (χ2n) is 6.06. The van der Waals surface area contributed by atoms with E-state index < -0.39 is 0 Å². The Balaban J connectivity index is 0.00000204. The van der Waals surface area contributed by atoms with Crippen molar-refractivity contribution in [3.05, 3.63) is 59.8 Å². The van der Waals surface area contributed by atoms with Crippen molar-refractivity contribution in [1.82, 2.24) is 4.98 Å². The summed E-state index contributed by atoms with van der Waals surface area (Å²) in [5.41, 5.74) is 3.71. The number of halogens is 1. The van der Waals surface area contributed by atoms with Gasteiger partial charge in [0.25, 0.3) is 0 Å². The average Bonchev–Trinajstić information content (AvgIpc) is 3.17. The van der Waals surface area contributed by atoms with Gasteiger partial charge in [0.2, 0.25) is 11.2 Å². The first-order valence-corrected chi connectivity index (χ1v) is 10.4. The van der Waals surface area contributed by atoms with Gasteiger partial charge in [-0.2, -0.15) is 0 Å². The molecule has 1 aliphatic heterocycles. The number of carbonyl (C=O) groups is 1. The van der Waals surface area contributed by atoms with E-state index in [0.717, 1.165) is 34.7 Å². The monoisotopic (exact) mass is 414 g/mol. The smallest absolute Gasteiger partial charge is 0.232 e. The van der Waals surface area contributed by atoms with E-state index in [9.17, 15) is 4.79 Å². The number of nitrogens with zero attached hydrogens (tertiary/aromatic N) is 4. The summed E-state index contributed by atoms with van der Waals surface area (Å²) in [6, 6.07) is 2.05. The minimum absolute atomic E-state index is 0.0331.